The van der Waals surface area contributed by atoms with E-state index in [0.717, 1.165) is 10.8 Å². The first-order valence-corrected chi connectivity index (χ1v) is 9.72. The molecular formula is C23H24N4O3. The van der Waals surface area contributed by atoms with Gasteiger partial charge < -0.3 is 21.7 Å². The van der Waals surface area contributed by atoms with E-state index < -0.39 is 5.91 Å². The minimum absolute atomic E-state index is 0.156. The number of nitrogens with two attached hydrogens (primary N) is 1. The van der Waals surface area contributed by atoms with Crippen molar-refractivity contribution < 1.29 is 14.4 Å². The molecule has 0 saturated carbocycles. The number of benzene rings is 3. The Morgan fingerprint density at radius 2 is 1.53 bits per heavy atom. The molecule has 154 valence electrons. The molecule has 0 heterocycles. The van der Waals surface area contributed by atoms with Crippen molar-refractivity contribution in [2.45, 2.75) is 6.42 Å². The van der Waals surface area contributed by atoms with Gasteiger partial charge in [0.1, 0.15) is 0 Å². The summed E-state index contributed by atoms with van der Waals surface area (Å²) in [4.78, 5) is 37.0. The fraction of sp³-hybridized carbons (Fsp3) is 0.174. The lowest BCUT2D eigenvalue weighted by molar-refractivity contribution is -0.120. The van der Waals surface area contributed by atoms with Gasteiger partial charge in [0.15, 0.2) is 0 Å². The summed E-state index contributed by atoms with van der Waals surface area (Å²) < 4.78 is 0. The van der Waals surface area contributed by atoms with Crippen molar-refractivity contribution >= 4 is 34.2 Å². The Kier molecular flexibility index (Phi) is 7.13. The average Bonchev–Trinajstić information content (AvgIpc) is 2.77. The Labute approximate surface area is 174 Å². The van der Waals surface area contributed by atoms with Crippen LogP contribution in [0.25, 0.3) is 10.8 Å². The normalized spacial score (nSPS) is 10.4. The smallest absolute Gasteiger partial charge is 0.255 e. The van der Waals surface area contributed by atoms with E-state index in [9.17, 15) is 14.4 Å². The Morgan fingerprint density at radius 3 is 2.33 bits per heavy atom. The van der Waals surface area contributed by atoms with E-state index in [-0.39, 0.29) is 23.9 Å². The van der Waals surface area contributed by atoms with Crippen molar-refractivity contribution in [3.8, 4) is 0 Å². The van der Waals surface area contributed by atoms with Crippen LogP contribution in [-0.4, -0.2) is 37.4 Å². The largest absolute Gasteiger partial charge is 0.355 e. The molecule has 30 heavy (non-hydrogen) atoms. The molecule has 0 aromatic heterocycles. The van der Waals surface area contributed by atoms with Gasteiger partial charge in [-0.1, -0.05) is 42.5 Å². The Balaban J connectivity index is 1.67. The average molecular weight is 404 g/mol. The second kappa shape index (κ2) is 10.2. The maximum Gasteiger partial charge on any atom is 0.255 e. The SMILES string of the molecule is NCCCNC(=O)CNC(=O)c1ccccc1NC(=O)c1ccc2ccccc2c1. The standard InChI is InChI=1S/C23H24N4O3/c24-12-5-13-25-21(28)15-26-23(30)19-8-3-4-9-20(19)27-22(29)18-11-10-16-6-1-2-7-17(16)14-18/h1-4,6-11,14H,5,12-13,15,24H2,(H,25,28)(H,26,30)(H,27,29). The molecular weight excluding hydrogens is 380 g/mol. The quantitative estimate of drug-likeness (QED) is 0.431. The summed E-state index contributed by atoms with van der Waals surface area (Å²) >= 11 is 0. The number of carbonyl (C=O) groups is 3. The van der Waals surface area contributed by atoms with Crippen molar-refractivity contribution in [3.63, 3.8) is 0 Å². The maximum atomic E-state index is 12.7. The Bertz CT molecular complexity index is 1070. The Hall–Kier alpha value is -3.71. The lowest BCUT2D eigenvalue weighted by Gasteiger charge is -2.12. The molecule has 0 bridgehead atoms. The second-order valence-corrected chi connectivity index (χ2v) is 6.74. The zero-order chi connectivity index (χ0) is 21.3. The Morgan fingerprint density at radius 1 is 0.800 bits per heavy atom. The van der Waals surface area contributed by atoms with Gasteiger partial charge in [-0.2, -0.15) is 0 Å². The fourth-order valence-electron chi connectivity index (χ4n) is 2.96. The predicted octanol–water partition coefficient (Wildman–Crippen LogP) is 2.29. The van der Waals surface area contributed by atoms with E-state index in [1.807, 2.05) is 30.3 Å². The lowest BCUT2D eigenvalue weighted by Crippen LogP contribution is -2.37. The maximum absolute atomic E-state index is 12.7. The number of carbonyl (C=O) groups excluding carboxylic acids is 3. The lowest BCUT2D eigenvalue weighted by atomic mass is 10.1. The van der Waals surface area contributed by atoms with Crippen LogP contribution in [0.3, 0.4) is 0 Å². The van der Waals surface area contributed by atoms with E-state index in [0.29, 0.717) is 30.8 Å². The highest BCUT2D eigenvalue weighted by Gasteiger charge is 2.15. The molecule has 0 saturated heterocycles. The first-order valence-electron chi connectivity index (χ1n) is 9.72. The molecule has 0 fully saturated rings. The van der Waals surface area contributed by atoms with Crippen LogP contribution in [0.15, 0.2) is 66.7 Å². The van der Waals surface area contributed by atoms with Crippen molar-refractivity contribution in [1.82, 2.24) is 10.6 Å². The number of nitrogens with one attached hydrogen (secondary N) is 3. The summed E-state index contributed by atoms with van der Waals surface area (Å²) in [6, 6.07) is 19.9. The monoisotopic (exact) mass is 404 g/mol. The molecule has 3 amide bonds. The molecule has 5 N–H and O–H groups in total. The molecule has 0 spiro atoms. The molecule has 3 aromatic carbocycles. The van der Waals surface area contributed by atoms with E-state index >= 15 is 0 Å². The minimum atomic E-state index is -0.446. The molecule has 0 aliphatic heterocycles. The number of hydrogen-bond donors (Lipinski definition) is 4. The van der Waals surface area contributed by atoms with Crippen LogP contribution < -0.4 is 21.7 Å². The van der Waals surface area contributed by atoms with Gasteiger partial charge in [0, 0.05) is 12.1 Å². The highest BCUT2D eigenvalue weighted by molar-refractivity contribution is 6.10. The van der Waals surface area contributed by atoms with Crippen LogP contribution in [0.1, 0.15) is 27.1 Å². The summed E-state index contributed by atoms with van der Waals surface area (Å²) in [5, 5.41) is 10.0. The molecule has 7 heteroatoms. The van der Waals surface area contributed by atoms with Crippen LogP contribution in [-0.2, 0) is 4.79 Å². The zero-order valence-electron chi connectivity index (χ0n) is 16.5. The topological polar surface area (TPSA) is 113 Å². The molecule has 0 radical (unpaired) electrons. The molecule has 0 aliphatic carbocycles. The van der Waals surface area contributed by atoms with Crippen molar-refractivity contribution in [3.05, 3.63) is 77.9 Å². The van der Waals surface area contributed by atoms with Gasteiger partial charge in [0.25, 0.3) is 11.8 Å². The number of fused-ring (bicyclic) bond motifs is 1. The number of amides is 3. The molecule has 3 aromatic rings. The molecule has 0 aliphatic rings. The number of anilines is 1. The van der Waals surface area contributed by atoms with Crippen LogP contribution in [0, 0.1) is 0 Å². The highest BCUT2D eigenvalue weighted by Crippen LogP contribution is 2.19. The van der Waals surface area contributed by atoms with E-state index in [4.69, 9.17) is 5.73 Å². The van der Waals surface area contributed by atoms with Crippen LogP contribution in [0.4, 0.5) is 5.69 Å². The van der Waals surface area contributed by atoms with Crippen molar-refractivity contribution in [1.29, 1.82) is 0 Å². The number of rotatable bonds is 8. The second-order valence-electron chi connectivity index (χ2n) is 6.74. The van der Waals surface area contributed by atoms with Crippen LogP contribution in [0.5, 0.6) is 0 Å². The van der Waals surface area contributed by atoms with Gasteiger partial charge >= 0.3 is 0 Å². The summed E-state index contributed by atoms with van der Waals surface area (Å²) in [6.45, 7) is 0.789. The molecule has 0 unspecified atom stereocenters. The summed E-state index contributed by atoms with van der Waals surface area (Å²) in [7, 11) is 0. The van der Waals surface area contributed by atoms with Crippen LogP contribution in [0.2, 0.25) is 0 Å². The summed E-state index contributed by atoms with van der Waals surface area (Å²) in [5.74, 6) is -1.06. The third kappa shape index (κ3) is 5.42. The third-order valence-electron chi connectivity index (χ3n) is 4.54. The van der Waals surface area contributed by atoms with E-state index in [1.54, 1.807) is 36.4 Å². The van der Waals surface area contributed by atoms with Gasteiger partial charge in [0.05, 0.1) is 17.8 Å². The van der Waals surface area contributed by atoms with Gasteiger partial charge in [-0.05, 0) is 48.0 Å². The van der Waals surface area contributed by atoms with Crippen molar-refractivity contribution in [2.75, 3.05) is 25.0 Å². The van der Waals surface area contributed by atoms with Crippen molar-refractivity contribution in [2.24, 2.45) is 5.73 Å². The molecule has 7 nitrogen and oxygen atoms in total. The predicted molar refractivity (Wildman–Crippen MR) is 117 cm³/mol. The zero-order valence-corrected chi connectivity index (χ0v) is 16.5. The number of hydrogen-bond acceptors (Lipinski definition) is 4. The van der Waals surface area contributed by atoms with Gasteiger partial charge in [-0.15, -0.1) is 0 Å². The minimum Gasteiger partial charge on any atom is -0.355 e. The third-order valence-corrected chi connectivity index (χ3v) is 4.54. The van der Waals surface area contributed by atoms with Gasteiger partial charge in [0.2, 0.25) is 5.91 Å². The fourth-order valence-corrected chi connectivity index (χ4v) is 2.96. The van der Waals surface area contributed by atoms with Crippen LogP contribution >= 0.6 is 0 Å². The first-order chi connectivity index (χ1) is 14.6. The van der Waals surface area contributed by atoms with Gasteiger partial charge in [-0.3, -0.25) is 14.4 Å². The van der Waals surface area contributed by atoms with E-state index in [1.165, 1.54) is 0 Å². The highest BCUT2D eigenvalue weighted by atomic mass is 16.2. The van der Waals surface area contributed by atoms with E-state index in [2.05, 4.69) is 16.0 Å². The number of para-hydroxylation sites is 1. The van der Waals surface area contributed by atoms with Gasteiger partial charge in [-0.25, -0.2) is 0 Å². The molecule has 0 atom stereocenters. The molecule has 3 rings (SSSR count). The first kappa shape index (κ1) is 21.0. The summed E-state index contributed by atoms with van der Waals surface area (Å²) in [5.41, 5.74) is 6.52. The summed E-state index contributed by atoms with van der Waals surface area (Å²) in [6.07, 6.45) is 0.670.